The van der Waals surface area contributed by atoms with E-state index in [-0.39, 0.29) is 37.9 Å². The standard InChI is InChI=1S/C22H38N2O7S/c1-5-8-9-11-17(20(27)31-7-3)32-14-16(19(26)30-6-2)24-13-10-12-22(24,21(28)29)18(25)15(4)23/h15-17H,5-14,23H2,1-4H3,(H,28,29)/t15?,16-,17-,22?/m0/s1. The molecule has 1 heterocycles. The van der Waals surface area contributed by atoms with E-state index >= 15 is 0 Å². The zero-order valence-corrected chi connectivity index (χ0v) is 20.4. The highest BCUT2D eigenvalue weighted by molar-refractivity contribution is 8.00. The number of rotatable bonds is 15. The van der Waals surface area contributed by atoms with Crippen LogP contribution in [0.3, 0.4) is 0 Å². The summed E-state index contributed by atoms with van der Waals surface area (Å²) in [5.74, 6) is -2.81. The third kappa shape index (κ3) is 6.92. The fourth-order valence-corrected chi connectivity index (χ4v) is 5.32. The van der Waals surface area contributed by atoms with E-state index in [2.05, 4.69) is 6.92 Å². The summed E-state index contributed by atoms with van der Waals surface area (Å²) in [6.45, 7) is 7.53. The van der Waals surface area contributed by atoms with Crippen molar-refractivity contribution in [3.8, 4) is 0 Å². The van der Waals surface area contributed by atoms with E-state index in [4.69, 9.17) is 15.2 Å². The summed E-state index contributed by atoms with van der Waals surface area (Å²) in [4.78, 5) is 52.0. The van der Waals surface area contributed by atoms with Gasteiger partial charge >= 0.3 is 17.9 Å². The van der Waals surface area contributed by atoms with Crippen LogP contribution in [0, 0.1) is 0 Å². The van der Waals surface area contributed by atoms with Crippen LogP contribution in [0.2, 0.25) is 0 Å². The molecule has 10 heteroatoms. The molecule has 1 aliphatic rings. The fraction of sp³-hybridized carbons (Fsp3) is 0.818. The average molecular weight is 475 g/mol. The number of nitrogens with two attached hydrogens (primary N) is 1. The second-order valence-corrected chi connectivity index (χ2v) is 9.19. The van der Waals surface area contributed by atoms with Crippen LogP contribution >= 0.6 is 11.8 Å². The summed E-state index contributed by atoms with van der Waals surface area (Å²) >= 11 is 1.25. The van der Waals surface area contributed by atoms with Gasteiger partial charge in [0, 0.05) is 12.3 Å². The van der Waals surface area contributed by atoms with Crippen molar-refractivity contribution < 1.29 is 33.8 Å². The number of hydrogen-bond donors (Lipinski definition) is 2. The zero-order chi connectivity index (χ0) is 24.3. The minimum Gasteiger partial charge on any atom is -0.480 e. The summed E-state index contributed by atoms with van der Waals surface area (Å²) in [5, 5.41) is 9.56. The molecule has 1 rings (SSSR count). The summed E-state index contributed by atoms with van der Waals surface area (Å²) in [5.41, 5.74) is 3.90. The number of carboxylic acids is 1. The topological polar surface area (TPSA) is 136 Å². The molecular formula is C22H38N2O7S. The van der Waals surface area contributed by atoms with Crippen LogP contribution in [0.4, 0.5) is 0 Å². The number of nitrogens with zero attached hydrogens (tertiary/aromatic N) is 1. The number of Topliss-reactive ketones (excluding diaryl/α,β-unsaturated/α-hetero) is 1. The fourth-order valence-electron chi connectivity index (χ4n) is 4.05. The molecule has 0 spiro atoms. The lowest BCUT2D eigenvalue weighted by atomic mass is 9.86. The molecule has 0 amide bonds. The van der Waals surface area contributed by atoms with Crippen LogP contribution in [0.15, 0.2) is 0 Å². The van der Waals surface area contributed by atoms with Crippen molar-refractivity contribution in [3.63, 3.8) is 0 Å². The maximum Gasteiger partial charge on any atom is 0.332 e. The quantitative estimate of drug-likeness (QED) is 0.206. The molecule has 0 saturated carbocycles. The number of unbranched alkanes of at least 4 members (excludes halogenated alkanes) is 2. The summed E-state index contributed by atoms with van der Waals surface area (Å²) in [6.07, 6.45) is 3.90. The molecule has 0 aromatic carbocycles. The van der Waals surface area contributed by atoms with Crippen molar-refractivity contribution in [3.05, 3.63) is 0 Å². The van der Waals surface area contributed by atoms with Crippen LogP contribution in [0.5, 0.6) is 0 Å². The number of likely N-dealkylation sites (tertiary alicyclic amines) is 1. The van der Waals surface area contributed by atoms with Gasteiger partial charge in [-0.25, -0.2) is 4.79 Å². The highest BCUT2D eigenvalue weighted by Crippen LogP contribution is 2.35. The highest BCUT2D eigenvalue weighted by Gasteiger charge is 2.57. The third-order valence-electron chi connectivity index (χ3n) is 5.61. The number of carbonyl (C=O) groups is 4. The Bertz CT molecular complexity index is 658. The van der Waals surface area contributed by atoms with Crippen molar-refractivity contribution in [2.45, 2.75) is 89.1 Å². The smallest absolute Gasteiger partial charge is 0.332 e. The Labute approximate surface area is 194 Å². The normalized spacial score (nSPS) is 21.5. The first-order chi connectivity index (χ1) is 15.2. The highest BCUT2D eigenvalue weighted by atomic mass is 32.2. The van der Waals surface area contributed by atoms with Gasteiger partial charge in [-0.3, -0.25) is 19.3 Å². The Kier molecular flexibility index (Phi) is 12.2. The van der Waals surface area contributed by atoms with Gasteiger partial charge in [-0.15, -0.1) is 11.8 Å². The zero-order valence-electron chi connectivity index (χ0n) is 19.6. The lowest BCUT2D eigenvalue weighted by Crippen LogP contribution is -2.65. The van der Waals surface area contributed by atoms with Gasteiger partial charge in [0.15, 0.2) is 11.3 Å². The molecule has 0 bridgehead atoms. The summed E-state index contributed by atoms with van der Waals surface area (Å²) in [6, 6.07) is -1.99. The van der Waals surface area contributed by atoms with Crippen molar-refractivity contribution in [1.82, 2.24) is 4.90 Å². The Morgan fingerprint density at radius 2 is 1.72 bits per heavy atom. The molecule has 4 atom stereocenters. The van der Waals surface area contributed by atoms with Gasteiger partial charge in [0.25, 0.3) is 0 Å². The van der Waals surface area contributed by atoms with E-state index in [1.807, 2.05) is 0 Å². The number of carbonyl (C=O) groups excluding carboxylic acids is 3. The van der Waals surface area contributed by atoms with Crippen LogP contribution in [0.25, 0.3) is 0 Å². The second-order valence-electron chi connectivity index (χ2n) is 7.95. The maximum absolute atomic E-state index is 12.9. The number of ether oxygens (including phenoxy) is 2. The van der Waals surface area contributed by atoms with Gasteiger partial charge in [0.2, 0.25) is 0 Å². The first-order valence-corrected chi connectivity index (χ1v) is 12.5. The van der Waals surface area contributed by atoms with Gasteiger partial charge in [-0.05, 0) is 40.0 Å². The monoisotopic (exact) mass is 474 g/mol. The van der Waals surface area contributed by atoms with Crippen LogP contribution in [-0.4, -0.2) is 82.1 Å². The van der Waals surface area contributed by atoms with Crippen molar-refractivity contribution in [2.24, 2.45) is 5.73 Å². The number of esters is 2. The van der Waals surface area contributed by atoms with Crippen LogP contribution < -0.4 is 5.73 Å². The molecule has 0 radical (unpaired) electrons. The molecule has 0 aliphatic carbocycles. The largest absolute Gasteiger partial charge is 0.480 e. The predicted molar refractivity (Wildman–Crippen MR) is 122 cm³/mol. The molecular weight excluding hydrogens is 436 g/mol. The van der Waals surface area contributed by atoms with E-state index in [1.54, 1.807) is 13.8 Å². The Balaban J connectivity index is 3.20. The number of ketones is 1. The van der Waals surface area contributed by atoms with Crippen LogP contribution in [0.1, 0.15) is 66.2 Å². The van der Waals surface area contributed by atoms with E-state index in [1.165, 1.54) is 23.6 Å². The molecule has 1 saturated heterocycles. The molecule has 32 heavy (non-hydrogen) atoms. The third-order valence-corrected chi connectivity index (χ3v) is 6.95. The van der Waals surface area contributed by atoms with Crippen molar-refractivity contribution in [1.29, 1.82) is 0 Å². The van der Waals surface area contributed by atoms with E-state index in [0.717, 1.165) is 19.3 Å². The number of carboxylic acid groups (broad SMARTS) is 1. The number of aliphatic carboxylic acids is 1. The lowest BCUT2D eigenvalue weighted by Gasteiger charge is -2.38. The molecule has 1 fully saturated rings. The van der Waals surface area contributed by atoms with Gasteiger partial charge in [-0.2, -0.15) is 0 Å². The van der Waals surface area contributed by atoms with Gasteiger partial charge in [-0.1, -0.05) is 26.2 Å². The molecule has 9 nitrogen and oxygen atoms in total. The minimum atomic E-state index is -1.88. The lowest BCUT2D eigenvalue weighted by molar-refractivity contribution is -0.162. The van der Waals surface area contributed by atoms with Crippen LogP contribution in [-0.2, 0) is 28.7 Å². The predicted octanol–water partition coefficient (Wildman–Crippen LogP) is 2.00. The van der Waals surface area contributed by atoms with Gasteiger partial charge < -0.3 is 20.3 Å². The van der Waals surface area contributed by atoms with E-state index in [0.29, 0.717) is 12.8 Å². The molecule has 0 aromatic heterocycles. The maximum atomic E-state index is 12.9. The van der Waals surface area contributed by atoms with Gasteiger partial charge in [0.1, 0.15) is 11.3 Å². The van der Waals surface area contributed by atoms with Gasteiger partial charge in [0.05, 0.1) is 19.3 Å². The number of thioether (sulfide) groups is 1. The first-order valence-electron chi connectivity index (χ1n) is 11.4. The van der Waals surface area contributed by atoms with Crippen molar-refractivity contribution >= 4 is 35.5 Å². The molecule has 2 unspecified atom stereocenters. The average Bonchev–Trinajstić information content (AvgIpc) is 3.18. The Morgan fingerprint density at radius 1 is 1.09 bits per heavy atom. The first kappa shape index (κ1) is 28.4. The molecule has 1 aliphatic heterocycles. The molecule has 0 aromatic rings. The Morgan fingerprint density at radius 3 is 2.25 bits per heavy atom. The van der Waals surface area contributed by atoms with E-state index < -0.39 is 40.6 Å². The van der Waals surface area contributed by atoms with Crippen molar-refractivity contribution in [2.75, 3.05) is 25.5 Å². The SMILES string of the molecule is CCCCC[C@H](SC[C@@H](C(=O)OCC)N1CCCC1(C(=O)O)C(=O)C(C)N)C(=O)OCC. The number of hydrogen-bond acceptors (Lipinski definition) is 9. The second kappa shape index (κ2) is 13.8. The van der Waals surface area contributed by atoms with E-state index in [9.17, 15) is 24.3 Å². The summed E-state index contributed by atoms with van der Waals surface area (Å²) in [7, 11) is 0. The molecule has 3 N–H and O–H groups in total. The minimum absolute atomic E-state index is 0.0705. The summed E-state index contributed by atoms with van der Waals surface area (Å²) < 4.78 is 10.4. The Hall–Kier alpha value is -1.65. The molecule has 184 valence electrons.